The first kappa shape index (κ1) is 16.8. The third-order valence-electron chi connectivity index (χ3n) is 7.15. The van der Waals surface area contributed by atoms with Crippen LogP contribution < -0.4 is 10.6 Å². The average Bonchev–Trinajstić information content (AvgIpc) is 2.95. The molecule has 2 heterocycles. The summed E-state index contributed by atoms with van der Waals surface area (Å²) in [5.74, 6) is 0.501. The number of carboxylic acids is 1. The van der Waals surface area contributed by atoms with Crippen LogP contribution in [0, 0.1) is 17.8 Å². The predicted molar refractivity (Wildman–Crippen MR) is 88.5 cm³/mol. The molecule has 4 aliphatic rings. The fraction of sp³-hybridized carbons (Fsp3) is 0.944. The van der Waals surface area contributed by atoms with Crippen molar-refractivity contribution in [2.45, 2.75) is 87.7 Å². The number of aliphatic carboxylic acids is 1. The third-order valence-corrected chi connectivity index (χ3v) is 7.15. The monoisotopic (exact) mass is 338 g/mol. The number of hydrogen-bond donors (Lipinski definition) is 5. The van der Waals surface area contributed by atoms with Gasteiger partial charge in [0.15, 0.2) is 0 Å². The van der Waals surface area contributed by atoms with Crippen molar-refractivity contribution in [3.63, 3.8) is 0 Å². The van der Waals surface area contributed by atoms with Crippen LogP contribution >= 0.6 is 0 Å². The lowest BCUT2D eigenvalue weighted by molar-refractivity contribution is -0.141. The molecule has 0 aromatic carbocycles. The zero-order valence-corrected chi connectivity index (χ0v) is 14.1. The van der Waals surface area contributed by atoms with Gasteiger partial charge in [-0.15, -0.1) is 0 Å². The number of carboxylic acid groups (broad SMARTS) is 1. The number of piperidine rings is 1. The van der Waals surface area contributed by atoms with E-state index in [1.54, 1.807) is 0 Å². The Labute approximate surface area is 143 Å². The van der Waals surface area contributed by atoms with E-state index in [4.69, 9.17) is 0 Å². The van der Waals surface area contributed by atoms with Crippen molar-refractivity contribution < 1.29 is 20.1 Å². The summed E-state index contributed by atoms with van der Waals surface area (Å²) in [4.78, 5) is 11.7. The van der Waals surface area contributed by atoms with Crippen molar-refractivity contribution in [3.05, 3.63) is 0 Å². The van der Waals surface area contributed by atoms with Gasteiger partial charge in [-0.25, -0.2) is 0 Å². The van der Waals surface area contributed by atoms with E-state index in [0.717, 1.165) is 6.42 Å². The van der Waals surface area contributed by atoms with E-state index in [9.17, 15) is 20.1 Å². The van der Waals surface area contributed by atoms with E-state index in [2.05, 4.69) is 10.6 Å². The van der Waals surface area contributed by atoms with Crippen molar-refractivity contribution in [3.8, 4) is 0 Å². The summed E-state index contributed by atoms with van der Waals surface area (Å²) in [5, 5.41) is 36.7. The van der Waals surface area contributed by atoms with Gasteiger partial charge >= 0.3 is 5.97 Å². The molecule has 0 amide bonds. The molecular weight excluding hydrogens is 308 g/mol. The summed E-state index contributed by atoms with van der Waals surface area (Å²) in [5.41, 5.74) is 0. The molecule has 2 saturated heterocycles. The molecule has 6 heteroatoms. The van der Waals surface area contributed by atoms with Crippen molar-refractivity contribution in [2.75, 3.05) is 0 Å². The van der Waals surface area contributed by atoms with Gasteiger partial charge in [0.1, 0.15) is 6.04 Å². The standard InChI is InChI=1S/C18H30N2O4/c21-14-6-5-9(7-15(14)22)16-17-11(8-13(20-16)18(23)24)10-3-1-2-4-12(10)19-17/h9-17,19-22H,1-8H2,(H,23,24). The third kappa shape index (κ3) is 2.87. The van der Waals surface area contributed by atoms with Gasteiger partial charge in [0.2, 0.25) is 0 Å². The van der Waals surface area contributed by atoms with Gasteiger partial charge in [-0.05, 0) is 56.3 Å². The summed E-state index contributed by atoms with van der Waals surface area (Å²) in [6.45, 7) is 0. The van der Waals surface area contributed by atoms with E-state index in [1.807, 2.05) is 0 Å². The van der Waals surface area contributed by atoms with Crippen LogP contribution in [0.4, 0.5) is 0 Å². The number of aliphatic hydroxyl groups excluding tert-OH is 2. The Hall–Kier alpha value is -0.690. The van der Waals surface area contributed by atoms with Crippen molar-refractivity contribution >= 4 is 5.97 Å². The average molecular weight is 338 g/mol. The molecule has 0 bridgehead atoms. The quantitative estimate of drug-likeness (QED) is 0.502. The lowest BCUT2D eigenvalue weighted by atomic mass is 9.69. The predicted octanol–water partition coefficient (Wildman–Crippen LogP) is 0.470. The van der Waals surface area contributed by atoms with Crippen molar-refractivity contribution in [1.82, 2.24) is 10.6 Å². The Morgan fingerprint density at radius 1 is 0.833 bits per heavy atom. The second kappa shape index (κ2) is 6.56. The molecule has 9 unspecified atom stereocenters. The Bertz CT molecular complexity index is 488. The molecule has 136 valence electrons. The molecule has 2 aliphatic carbocycles. The van der Waals surface area contributed by atoms with Gasteiger partial charge in [-0.1, -0.05) is 12.8 Å². The highest BCUT2D eigenvalue weighted by atomic mass is 16.4. The molecule has 9 atom stereocenters. The van der Waals surface area contributed by atoms with Crippen LogP contribution in [0.25, 0.3) is 0 Å². The maximum Gasteiger partial charge on any atom is 0.320 e. The molecule has 4 fully saturated rings. The minimum atomic E-state index is -0.755. The Balaban J connectivity index is 1.56. The SMILES string of the molecule is O=C(O)C1CC2C3CCCCC3NC2C(C2CCC(O)C(O)C2)N1. The molecule has 0 aromatic rings. The van der Waals surface area contributed by atoms with Crippen LogP contribution in [-0.2, 0) is 4.79 Å². The minimum Gasteiger partial charge on any atom is -0.480 e. The highest BCUT2D eigenvalue weighted by Crippen LogP contribution is 2.45. The molecule has 0 spiro atoms. The number of aliphatic hydroxyl groups is 2. The molecule has 2 aliphatic heterocycles. The first-order chi connectivity index (χ1) is 11.5. The number of rotatable bonds is 2. The van der Waals surface area contributed by atoms with Gasteiger partial charge in [0.05, 0.1) is 12.2 Å². The molecule has 5 N–H and O–H groups in total. The van der Waals surface area contributed by atoms with E-state index in [1.165, 1.54) is 25.7 Å². The van der Waals surface area contributed by atoms with Gasteiger partial charge in [-0.3, -0.25) is 10.1 Å². The molecule has 2 saturated carbocycles. The maximum atomic E-state index is 11.7. The highest BCUT2D eigenvalue weighted by Gasteiger charge is 2.53. The van der Waals surface area contributed by atoms with Crippen LogP contribution in [0.5, 0.6) is 0 Å². The van der Waals surface area contributed by atoms with E-state index in [0.29, 0.717) is 43.2 Å². The molecule has 0 radical (unpaired) electrons. The Kier molecular flexibility index (Phi) is 4.58. The zero-order chi connectivity index (χ0) is 16.8. The lowest BCUT2D eigenvalue weighted by Crippen LogP contribution is -2.63. The fourth-order valence-electron chi connectivity index (χ4n) is 5.97. The maximum absolute atomic E-state index is 11.7. The van der Waals surface area contributed by atoms with Crippen LogP contribution in [0.15, 0.2) is 0 Å². The summed E-state index contributed by atoms with van der Waals surface area (Å²) >= 11 is 0. The van der Waals surface area contributed by atoms with Gasteiger partial charge < -0.3 is 20.6 Å². The molecule has 24 heavy (non-hydrogen) atoms. The summed E-state index contributed by atoms with van der Waals surface area (Å²) < 4.78 is 0. The second-order valence-electron chi connectivity index (χ2n) is 8.44. The largest absolute Gasteiger partial charge is 0.480 e. The van der Waals surface area contributed by atoms with Crippen molar-refractivity contribution in [1.29, 1.82) is 0 Å². The lowest BCUT2D eigenvalue weighted by Gasteiger charge is -2.45. The summed E-state index contributed by atoms with van der Waals surface area (Å²) in [6.07, 6.45) is 6.35. The number of carbonyl (C=O) groups is 1. The summed E-state index contributed by atoms with van der Waals surface area (Å²) in [7, 11) is 0. The van der Waals surface area contributed by atoms with Crippen molar-refractivity contribution in [2.24, 2.45) is 17.8 Å². The van der Waals surface area contributed by atoms with Crippen LogP contribution in [0.3, 0.4) is 0 Å². The van der Waals surface area contributed by atoms with E-state index in [-0.39, 0.29) is 12.0 Å². The van der Waals surface area contributed by atoms with Gasteiger partial charge in [0, 0.05) is 18.1 Å². The zero-order valence-electron chi connectivity index (χ0n) is 14.1. The highest BCUT2D eigenvalue weighted by molar-refractivity contribution is 5.73. The first-order valence-corrected chi connectivity index (χ1v) is 9.65. The number of hydrogen-bond acceptors (Lipinski definition) is 5. The molecule has 0 aromatic heterocycles. The number of nitrogens with one attached hydrogen (secondary N) is 2. The summed E-state index contributed by atoms with van der Waals surface area (Å²) in [6, 6.07) is 0.436. The van der Waals surface area contributed by atoms with Gasteiger partial charge in [-0.2, -0.15) is 0 Å². The van der Waals surface area contributed by atoms with Crippen LogP contribution in [-0.4, -0.2) is 57.7 Å². The molecular formula is C18H30N2O4. The number of fused-ring (bicyclic) bond motifs is 3. The smallest absolute Gasteiger partial charge is 0.320 e. The van der Waals surface area contributed by atoms with E-state index >= 15 is 0 Å². The Morgan fingerprint density at radius 2 is 1.62 bits per heavy atom. The minimum absolute atomic E-state index is 0.0811. The molecule has 6 nitrogen and oxygen atoms in total. The first-order valence-electron chi connectivity index (χ1n) is 9.65. The van der Waals surface area contributed by atoms with Crippen LogP contribution in [0.2, 0.25) is 0 Å². The molecule has 4 rings (SSSR count). The fourth-order valence-corrected chi connectivity index (χ4v) is 5.97. The van der Waals surface area contributed by atoms with Crippen LogP contribution in [0.1, 0.15) is 51.4 Å². The normalized spacial score (nSPS) is 51.7. The van der Waals surface area contributed by atoms with E-state index < -0.39 is 24.2 Å². The topological polar surface area (TPSA) is 102 Å². The second-order valence-corrected chi connectivity index (χ2v) is 8.44. The van der Waals surface area contributed by atoms with Gasteiger partial charge in [0.25, 0.3) is 0 Å². The Morgan fingerprint density at radius 3 is 2.38 bits per heavy atom.